The first-order valence-corrected chi connectivity index (χ1v) is 4.58. The molecule has 0 N–H and O–H groups in total. The van der Waals surface area contributed by atoms with E-state index in [2.05, 4.69) is 19.9 Å². The topological polar surface area (TPSA) is 54.8 Å². The third kappa shape index (κ3) is 2.46. The Bertz CT molecular complexity index is 403. The predicted octanol–water partition coefficient (Wildman–Crippen LogP) is 0.903. The number of anilines is 1. The lowest BCUT2D eigenvalue weighted by Gasteiger charge is -2.16. The van der Waals surface area contributed by atoms with Gasteiger partial charge in [-0.1, -0.05) is 0 Å². The van der Waals surface area contributed by atoms with Crippen LogP contribution in [0.25, 0.3) is 0 Å². The van der Waals surface area contributed by atoms with Crippen molar-refractivity contribution >= 4 is 5.82 Å². The molecule has 0 fully saturated rings. The fourth-order valence-corrected chi connectivity index (χ4v) is 1.22. The largest absolute Gasteiger partial charge is 0.352 e. The Morgan fingerprint density at radius 1 is 1.00 bits per heavy atom. The van der Waals surface area contributed by atoms with E-state index in [0.29, 0.717) is 6.54 Å². The van der Waals surface area contributed by atoms with Crippen LogP contribution in [0.5, 0.6) is 0 Å². The minimum absolute atomic E-state index is 0.673. The molecule has 0 radical (unpaired) electrons. The number of hydrogen-bond acceptors (Lipinski definition) is 5. The molecule has 0 aliphatic heterocycles. The molecule has 0 saturated carbocycles. The van der Waals surface area contributed by atoms with E-state index in [0.717, 1.165) is 11.5 Å². The summed E-state index contributed by atoms with van der Waals surface area (Å²) in [4.78, 5) is 18.4. The third-order valence-corrected chi connectivity index (χ3v) is 1.96. The Balaban J connectivity index is 2.08. The van der Waals surface area contributed by atoms with E-state index >= 15 is 0 Å². The van der Waals surface area contributed by atoms with Crippen LogP contribution in [-0.4, -0.2) is 27.0 Å². The quantitative estimate of drug-likeness (QED) is 0.738. The van der Waals surface area contributed by atoms with Crippen molar-refractivity contribution in [3.05, 3.63) is 42.9 Å². The van der Waals surface area contributed by atoms with Crippen LogP contribution < -0.4 is 4.90 Å². The van der Waals surface area contributed by atoms with E-state index in [4.69, 9.17) is 0 Å². The molecule has 2 heterocycles. The second-order valence-electron chi connectivity index (χ2n) is 3.12. The molecule has 2 rings (SSSR count). The molecule has 0 bridgehead atoms. The standard InChI is InChI=1S/C10H11N5/c1-15(10-7-12-3-5-14-10)8-9-6-11-2-4-13-9/h2-7H,8H2,1H3. The summed E-state index contributed by atoms with van der Waals surface area (Å²) < 4.78 is 0. The lowest BCUT2D eigenvalue weighted by molar-refractivity contribution is 0.851. The van der Waals surface area contributed by atoms with Crippen LogP contribution in [0.3, 0.4) is 0 Å². The molecule has 0 amide bonds. The molecular formula is C10H11N5. The average Bonchev–Trinajstić information content (AvgIpc) is 2.31. The lowest BCUT2D eigenvalue weighted by atomic mass is 10.4. The molecule has 0 saturated heterocycles. The highest BCUT2D eigenvalue weighted by molar-refractivity contribution is 5.33. The number of nitrogens with zero attached hydrogens (tertiary/aromatic N) is 5. The second-order valence-corrected chi connectivity index (χ2v) is 3.12. The van der Waals surface area contributed by atoms with E-state index in [1.165, 1.54) is 0 Å². The van der Waals surface area contributed by atoms with Gasteiger partial charge in [0.2, 0.25) is 0 Å². The van der Waals surface area contributed by atoms with Crippen LogP contribution >= 0.6 is 0 Å². The van der Waals surface area contributed by atoms with Crippen LogP contribution in [0.1, 0.15) is 5.69 Å². The highest BCUT2D eigenvalue weighted by Gasteiger charge is 2.03. The molecule has 0 aliphatic rings. The van der Waals surface area contributed by atoms with Crippen LogP contribution in [0.2, 0.25) is 0 Å². The van der Waals surface area contributed by atoms with Crippen molar-refractivity contribution in [2.45, 2.75) is 6.54 Å². The lowest BCUT2D eigenvalue weighted by Crippen LogP contribution is -2.18. The van der Waals surface area contributed by atoms with Gasteiger partial charge >= 0.3 is 0 Å². The first-order chi connectivity index (χ1) is 7.36. The normalized spacial score (nSPS) is 9.93. The van der Waals surface area contributed by atoms with Gasteiger partial charge in [-0.05, 0) is 0 Å². The van der Waals surface area contributed by atoms with Crippen molar-refractivity contribution in [2.75, 3.05) is 11.9 Å². The van der Waals surface area contributed by atoms with Crippen LogP contribution in [-0.2, 0) is 6.54 Å². The van der Waals surface area contributed by atoms with Crippen molar-refractivity contribution in [3.63, 3.8) is 0 Å². The molecule has 5 heteroatoms. The molecule has 76 valence electrons. The maximum Gasteiger partial charge on any atom is 0.147 e. The molecular weight excluding hydrogens is 190 g/mol. The third-order valence-electron chi connectivity index (χ3n) is 1.96. The Hall–Kier alpha value is -2.04. The summed E-state index contributed by atoms with van der Waals surface area (Å²) in [5, 5.41) is 0. The summed E-state index contributed by atoms with van der Waals surface area (Å²) in [5.74, 6) is 0.822. The van der Waals surface area contributed by atoms with Gasteiger partial charge in [0.1, 0.15) is 5.82 Å². The molecule has 0 aliphatic carbocycles. The van der Waals surface area contributed by atoms with Crippen molar-refractivity contribution in [1.29, 1.82) is 0 Å². The summed E-state index contributed by atoms with van der Waals surface area (Å²) in [6.45, 7) is 0.673. The van der Waals surface area contributed by atoms with Crippen LogP contribution in [0.4, 0.5) is 5.82 Å². The van der Waals surface area contributed by atoms with Gasteiger partial charge in [-0.15, -0.1) is 0 Å². The Labute approximate surface area is 87.9 Å². The van der Waals surface area contributed by atoms with Crippen molar-refractivity contribution < 1.29 is 0 Å². The Morgan fingerprint density at radius 2 is 1.73 bits per heavy atom. The molecule has 15 heavy (non-hydrogen) atoms. The highest BCUT2D eigenvalue weighted by Crippen LogP contribution is 2.07. The van der Waals surface area contributed by atoms with Gasteiger partial charge in [0.25, 0.3) is 0 Å². The van der Waals surface area contributed by atoms with Crippen LogP contribution in [0.15, 0.2) is 37.2 Å². The van der Waals surface area contributed by atoms with E-state index in [-0.39, 0.29) is 0 Å². The summed E-state index contributed by atoms with van der Waals surface area (Å²) in [6.07, 6.45) is 10.1. The van der Waals surface area contributed by atoms with Gasteiger partial charge in [-0.3, -0.25) is 15.0 Å². The zero-order valence-electron chi connectivity index (χ0n) is 8.41. The zero-order valence-corrected chi connectivity index (χ0v) is 8.41. The van der Waals surface area contributed by atoms with E-state index in [9.17, 15) is 0 Å². The molecule has 0 aromatic carbocycles. The van der Waals surface area contributed by atoms with E-state index < -0.39 is 0 Å². The number of rotatable bonds is 3. The summed E-state index contributed by atoms with van der Waals surface area (Å²) in [5.41, 5.74) is 0.908. The van der Waals surface area contributed by atoms with Gasteiger partial charge in [0.05, 0.1) is 24.6 Å². The summed E-state index contributed by atoms with van der Waals surface area (Å²) >= 11 is 0. The molecule has 2 aromatic rings. The number of aromatic nitrogens is 4. The van der Waals surface area contributed by atoms with Crippen molar-refractivity contribution in [1.82, 2.24) is 19.9 Å². The molecule has 5 nitrogen and oxygen atoms in total. The van der Waals surface area contributed by atoms with Gasteiger partial charge in [0.15, 0.2) is 0 Å². The Morgan fingerprint density at radius 3 is 2.33 bits per heavy atom. The molecule has 2 aromatic heterocycles. The monoisotopic (exact) mass is 201 g/mol. The predicted molar refractivity (Wildman–Crippen MR) is 56.2 cm³/mol. The SMILES string of the molecule is CN(Cc1cnccn1)c1cnccn1. The summed E-state index contributed by atoms with van der Waals surface area (Å²) in [6, 6.07) is 0. The molecule has 0 atom stereocenters. The molecule has 0 spiro atoms. The van der Waals surface area contributed by atoms with E-state index in [1.54, 1.807) is 37.2 Å². The van der Waals surface area contributed by atoms with E-state index in [1.807, 2.05) is 11.9 Å². The van der Waals surface area contributed by atoms with Gasteiger partial charge in [-0.25, -0.2) is 4.98 Å². The van der Waals surface area contributed by atoms with Gasteiger partial charge < -0.3 is 4.90 Å². The fraction of sp³-hybridized carbons (Fsp3) is 0.200. The van der Waals surface area contributed by atoms with Crippen molar-refractivity contribution in [3.8, 4) is 0 Å². The minimum Gasteiger partial charge on any atom is -0.352 e. The second kappa shape index (κ2) is 4.45. The first kappa shape index (κ1) is 9.51. The smallest absolute Gasteiger partial charge is 0.147 e. The summed E-state index contributed by atoms with van der Waals surface area (Å²) in [7, 11) is 1.94. The maximum atomic E-state index is 4.19. The Kier molecular flexibility index (Phi) is 2.82. The van der Waals surface area contributed by atoms with Gasteiger partial charge in [-0.2, -0.15) is 0 Å². The fourth-order valence-electron chi connectivity index (χ4n) is 1.22. The number of hydrogen-bond donors (Lipinski definition) is 0. The minimum atomic E-state index is 0.673. The average molecular weight is 201 g/mol. The maximum absolute atomic E-state index is 4.19. The first-order valence-electron chi connectivity index (χ1n) is 4.58. The molecule has 0 unspecified atom stereocenters. The van der Waals surface area contributed by atoms with Crippen molar-refractivity contribution in [2.24, 2.45) is 0 Å². The highest BCUT2D eigenvalue weighted by atomic mass is 15.2. The zero-order chi connectivity index (χ0) is 10.5. The van der Waals surface area contributed by atoms with Crippen LogP contribution in [0, 0.1) is 0 Å². The van der Waals surface area contributed by atoms with Gasteiger partial charge in [0, 0.05) is 31.8 Å².